The molecular weight excluding hydrogens is 294 g/mol. The Bertz CT molecular complexity index is 722. The molecule has 21 heavy (non-hydrogen) atoms. The number of aromatic nitrogens is 2. The lowest BCUT2D eigenvalue weighted by Crippen LogP contribution is -2.17. The number of nitrogens with zero attached hydrogens (tertiary/aromatic N) is 2. The third-order valence-corrected chi connectivity index (χ3v) is 3.40. The summed E-state index contributed by atoms with van der Waals surface area (Å²) in [5.41, 5.74) is 0.327. The molecule has 0 aromatic carbocycles. The van der Waals surface area contributed by atoms with Gasteiger partial charge >= 0.3 is 5.97 Å². The monoisotopic (exact) mass is 305 g/mol. The standard InChI is InChI=1S/C14H12ClN3O3/c15-8-6-11(18(7-8)9-4-5-9)13(19)17-12-3-1-2-10(16-12)14(20)21/h1-3,6-7,9H,4-5H2,(H,20,21)(H,16,17,19). The molecule has 0 unspecified atom stereocenters. The molecule has 6 nitrogen and oxygen atoms in total. The van der Waals surface area contributed by atoms with Gasteiger partial charge in [-0.3, -0.25) is 4.79 Å². The maximum atomic E-state index is 12.3. The van der Waals surface area contributed by atoms with Gasteiger partial charge in [-0.15, -0.1) is 0 Å². The predicted molar refractivity (Wildman–Crippen MR) is 76.9 cm³/mol. The van der Waals surface area contributed by atoms with Crippen LogP contribution in [0.15, 0.2) is 30.5 Å². The first-order valence-corrected chi connectivity index (χ1v) is 6.81. The summed E-state index contributed by atoms with van der Waals surface area (Å²) in [6.07, 6.45) is 3.78. The van der Waals surface area contributed by atoms with E-state index in [0.29, 0.717) is 16.8 Å². The van der Waals surface area contributed by atoms with Crippen LogP contribution in [0.25, 0.3) is 0 Å². The fourth-order valence-electron chi connectivity index (χ4n) is 2.09. The van der Waals surface area contributed by atoms with Crippen LogP contribution in [0.4, 0.5) is 5.82 Å². The van der Waals surface area contributed by atoms with Gasteiger partial charge in [0, 0.05) is 12.2 Å². The lowest BCUT2D eigenvalue weighted by atomic mass is 10.3. The lowest BCUT2D eigenvalue weighted by Gasteiger charge is -2.08. The van der Waals surface area contributed by atoms with Gasteiger partial charge in [0.05, 0.1) is 5.02 Å². The maximum Gasteiger partial charge on any atom is 0.354 e. The molecule has 0 aliphatic heterocycles. The van der Waals surface area contributed by atoms with E-state index in [1.807, 2.05) is 4.57 Å². The van der Waals surface area contributed by atoms with Crippen LogP contribution in [0, 0.1) is 0 Å². The average molecular weight is 306 g/mol. The number of carboxylic acid groups (broad SMARTS) is 1. The topological polar surface area (TPSA) is 84.2 Å². The van der Waals surface area contributed by atoms with Crippen molar-refractivity contribution in [1.29, 1.82) is 0 Å². The number of hydrogen-bond acceptors (Lipinski definition) is 3. The Morgan fingerprint density at radius 1 is 1.38 bits per heavy atom. The summed E-state index contributed by atoms with van der Waals surface area (Å²) in [5.74, 6) is -1.31. The summed E-state index contributed by atoms with van der Waals surface area (Å²) in [4.78, 5) is 27.0. The van der Waals surface area contributed by atoms with Gasteiger partial charge in [-0.05, 0) is 31.0 Å². The van der Waals surface area contributed by atoms with E-state index in [9.17, 15) is 9.59 Å². The fourth-order valence-corrected chi connectivity index (χ4v) is 2.29. The van der Waals surface area contributed by atoms with E-state index in [0.717, 1.165) is 12.8 Å². The van der Waals surface area contributed by atoms with E-state index in [1.165, 1.54) is 18.2 Å². The van der Waals surface area contributed by atoms with Gasteiger partial charge in [0.1, 0.15) is 11.5 Å². The van der Waals surface area contributed by atoms with Crippen LogP contribution in [0.3, 0.4) is 0 Å². The minimum absolute atomic E-state index is 0.122. The summed E-state index contributed by atoms with van der Waals surface area (Å²) in [6.45, 7) is 0. The molecule has 1 aliphatic rings. The number of amides is 1. The van der Waals surface area contributed by atoms with Gasteiger partial charge in [0.2, 0.25) is 0 Å². The van der Waals surface area contributed by atoms with Crippen LogP contribution in [0.5, 0.6) is 0 Å². The molecular formula is C14H12ClN3O3. The van der Waals surface area contributed by atoms with Crippen molar-refractivity contribution in [2.45, 2.75) is 18.9 Å². The molecule has 0 saturated heterocycles. The smallest absolute Gasteiger partial charge is 0.354 e. The summed E-state index contributed by atoms with van der Waals surface area (Å²) >= 11 is 5.96. The Morgan fingerprint density at radius 3 is 2.81 bits per heavy atom. The first kappa shape index (κ1) is 13.6. The Kier molecular flexibility index (Phi) is 3.39. The van der Waals surface area contributed by atoms with Crippen LogP contribution in [-0.2, 0) is 0 Å². The van der Waals surface area contributed by atoms with Gasteiger partial charge in [0.25, 0.3) is 5.91 Å². The van der Waals surface area contributed by atoms with Crippen molar-refractivity contribution in [3.05, 3.63) is 46.9 Å². The zero-order valence-corrected chi connectivity index (χ0v) is 11.7. The quantitative estimate of drug-likeness (QED) is 0.909. The number of carboxylic acids is 1. The van der Waals surface area contributed by atoms with Gasteiger partial charge in [-0.25, -0.2) is 9.78 Å². The molecule has 108 valence electrons. The number of carbonyl (C=O) groups excluding carboxylic acids is 1. The van der Waals surface area contributed by atoms with Crippen molar-refractivity contribution in [1.82, 2.24) is 9.55 Å². The van der Waals surface area contributed by atoms with Crippen LogP contribution in [0.1, 0.15) is 39.9 Å². The molecule has 0 spiro atoms. The van der Waals surface area contributed by atoms with Gasteiger partial charge in [-0.2, -0.15) is 0 Å². The molecule has 2 heterocycles. The molecule has 2 aromatic heterocycles. The highest BCUT2D eigenvalue weighted by molar-refractivity contribution is 6.31. The van der Waals surface area contributed by atoms with Crippen LogP contribution < -0.4 is 5.32 Å². The molecule has 1 saturated carbocycles. The number of carbonyl (C=O) groups is 2. The first-order valence-electron chi connectivity index (χ1n) is 6.43. The largest absolute Gasteiger partial charge is 0.477 e. The second-order valence-electron chi connectivity index (χ2n) is 4.85. The molecule has 2 N–H and O–H groups in total. The summed E-state index contributed by atoms with van der Waals surface area (Å²) in [7, 11) is 0. The number of hydrogen-bond donors (Lipinski definition) is 2. The van der Waals surface area contributed by atoms with Gasteiger partial charge < -0.3 is 15.0 Å². The Morgan fingerprint density at radius 2 is 2.14 bits per heavy atom. The van der Waals surface area contributed by atoms with E-state index in [1.54, 1.807) is 12.3 Å². The Balaban J connectivity index is 1.83. The normalized spacial score (nSPS) is 14.0. The number of rotatable bonds is 4. The van der Waals surface area contributed by atoms with Crippen LogP contribution in [-0.4, -0.2) is 26.5 Å². The SMILES string of the molecule is O=C(O)c1cccc(NC(=O)c2cc(Cl)cn2C2CC2)n1. The van der Waals surface area contributed by atoms with Crippen molar-refractivity contribution in [2.24, 2.45) is 0 Å². The molecule has 1 aliphatic carbocycles. The molecule has 0 bridgehead atoms. The summed E-state index contributed by atoms with van der Waals surface area (Å²) in [5, 5.41) is 12.0. The number of pyridine rings is 1. The number of anilines is 1. The lowest BCUT2D eigenvalue weighted by molar-refractivity contribution is 0.0690. The average Bonchev–Trinajstić information content (AvgIpc) is 3.21. The summed E-state index contributed by atoms with van der Waals surface area (Å²) in [6, 6.07) is 6.34. The highest BCUT2D eigenvalue weighted by atomic mass is 35.5. The number of halogens is 1. The highest BCUT2D eigenvalue weighted by Crippen LogP contribution is 2.37. The minimum Gasteiger partial charge on any atom is -0.477 e. The zero-order chi connectivity index (χ0) is 15.0. The van der Waals surface area contributed by atoms with Crippen molar-refractivity contribution >= 4 is 29.3 Å². The third kappa shape index (κ3) is 2.90. The Labute approximate surface area is 125 Å². The van der Waals surface area contributed by atoms with Gasteiger partial charge in [0.15, 0.2) is 5.69 Å². The Hall–Kier alpha value is -2.34. The van der Waals surface area contributed by atoms with Gasteiger partial charge in [-0.1, -0.05) is 17.7 Å². The molecule has 7 heteroatoms. The molecule has 1 fully saturated rings. The van der Waals surface area contributed by atoms with Crippen molar-refractivity contribution in [2.75, 3.05) is 5.32 Å². The fraction of sp³-hybridized carbons (Fsp3) is 0.214. The second-order valence-corrected chi connectivity index (χ2v) is 5.29. The predicted octanol–water partition coefficient (Wildman–Crippen LogP) is 2.82. The van der Waals surface area contributed by atoms with Crippen molar-refractivity contribution in [3.8, 4) is 0 Å². The minimum atomic E-state index is -1.14. The van der Waals surface area contributed by atoms with Crippen LogP contribution in [0.2, 0.25) is 5.02 Å². The molecule has 1 amide bonds. The molecule has 3 rings (SSSR count). The van der Waals surface area contributed by atoms with E-state index < -0.39 is 5.97 Å². The number of aromatic carboxylic acids is 1. The molecule has 0 atom stereocenters. The highest BCUT2D eigenvalue weighted by Gasteiger charge is 2.28. The zero-order valence-electron chi connectivity index (χ0n) is 10.9. The first-order chi connectivity index (χ1) is 10.0. The maximum absolute atomic E-state index is 12.3. The van der Waals surface area contributed by atoms with E-state index in [2.05, 4.69) is 10.3 Å². The molecule has 2 aromatic rings. The van der Waals surface area contributed by atoms with E-state index in [4.69, 9.17) is 16.7 Å². The summed E-state index contributed by atoms with van der Waals surface area (Å²) < 4.78 is 1.85. The van der Waals surface area contributed by atoms with Crippen LogP contribution >= 0.6 is 11.6 Å². The van der Waals surface area contributed by atoms with Crippen molar-refractivity contribution < 1.29 is 14.7 Å². The second kappa shape index (κ2) is 5.21. The number of nitrogens with one attached hydrogen (secondary N) is 1. The van der Waals surface area contributed by atoms with E-state index in [-0.39, 0.29) is 17.4 Å². The molecule has 0 radical (unpaired) electrons. The van der Waals surface area contributed by atoms with Crippen molar-refractivity contribution in [3.63, 3.8) is 0 Å². The third-order valence-electron chi connectivity index (χ3n) is 3.20. The van der Waals surface area contributed by atoms with E-state index >= 15 is 0 Å².